The fraction of sp³-hybridized carbons (Fsp3) is 0.250. The Hall–Kier alpha value is -2.31. The predicted octanol–water partition coefficient (Wildman–Crippen LogP) is 4.21. The molecule has 0 spiro atoms. The Kier molecular flexibility index (Phi) is 4.93. The fourth-order valence-electron chi connectivity index (χ4n) is 3.29. The van der Waals surface area contributed by atoms with E-state index >= 15 is 0 Å². The Morgan fingerprint density at radius 1 is 1.15 bits per heavy atom. The van der Waals surface area contributed by atoms with Crippen molar-refractivity contribution < 1.29 is 4.79 Å². The molecular weight excluding hydrogens is 380 g/mol. The largest absolute Gasteiger partial charge is 0.311 e. The molecule has 0 aliphatic carbocycles. The van der Waals surface area contributed by atoms with Crippen LogP contribution in [0.3, 0.4) is 0 Å². The molecule has 27 heavy (non-hydrogen) atoms. The molecule has 1 aliphatic rings. The maximum Gasteiger partial charge on any atom is 0.240 e. The fourth-order valence-corrected chi connectivity index (χ4v) is 4.39. The molecule has 0 saturated carbocycles. The van der Waals surface area contributed by atoms with Crippen LogP contribution in [0.15, 0.2) is 53.7 Å². The molecule has 138 valence electrons. The lowest BCUT2D eigenvalue weighted by Crippen LogP contribution is -2.35. The van der Waals surface area contributed by atoms with E-state index in [9.17, 15) is 4.79 Å². The molecule has 0 bridgehead atoms. The molecule has 0 saturated heterocycles. The van der Waals surface area contributed by atoms with Crippen LogP contribution >= 0.6 is 23.4 Å². The second-order valence-electron chi connectivity index (χ2n) is 6.47. The van der Waals surface area contributed by atoms with Crippen molar-refractivity contribution in [3.05, 3.63) is 59.1 Å². The Morgan fingerprint density at radius 3 is 2.70 bits per heavy atom. The summed E-state index contributed by atoms with van der Waals surface area (Å²) in [6, 6.07) is 15.6. The van der Waals surface area contributed by atoms with Crippen molar-refractivity contribution in [3.63, 3.8) is 0 Å². The highest BCUT2D eigenvalue weighted by Crippen LogP contribution is 2.33. The monoisotopic (exact) mass is 398 g/mol. The molecule has 4 rings (SSSR count). The predicted molar refractivity (Wildman–Crippen MR) is 109 cm³/mol. The van der Waals surface area contributed by atoms with Gasteiger partial charge in [-0.1, -0.05) is 53.7 Å². The number of benzene rings is 2. The number of rotatable bonds is 4. The Bertz CT molecular complexity index is 1000. The first-order chi connectivity index (χ1) is 13.1. The molecule has 1 aliphatic heterocycles. The molecular formula is C20H19ClN4OS. The normalized spacial score (nSPS) is 14.3. The molecule has 0 fully saturated rings. The van der Waals surface area contributed by atoms with Gasteiger partial charge in [0.1, 0.15) is 0 Å². The third-order valence-electron chi connectivity index (χ3n) is 4.73. The molecule has 2 heterocycles. The van der Waals surface area contributed by atoms with Crippen LogP contribution < -0.4 is 4.90 Å². The van der Waals surface area contributed by atoms with Crippen LogP contribution in [0, 0.1) is 0 Å². The highest BCUT2D eigenvalue weighted by Gasteiger charge is 2.29. The number of halogens is 1. The molecule has 0 radical (unpaired) electrons. The molecule has 3 aromatic rings. The molecule has 2 aromatic carbocycles. The minimum absolute atomic E-state index is 0.0900. The number of amides is 1. The molecule has 1 aromatic heterocycles. The van der Waals surface area contributed by atoms with E-state index in [-0.39, 0.29) is 11.2 Å². The van der Waals surface area contributed by atoms with E-state index in [0.717, 1.165) is 24.2 Å². The topological polar surface area (TPSA) is 51.0 Å². The van der Waals surface area contributed by atoms with Gasteiger partial charge in [0, 0.05) is 24.8 Å². The Labute approximate surface area is 167 Å². The summed E-state index contributed by atoms with van der Waals surface area (Å²) in [5.41, 5.74) is 3.07. The molecule has 1 atom stereocenters. The lowest BCUT2D eigenvalue weighted by atomic mass is 10.2. The highest BCUT2D eigenvalue weighted by molar-refractivity contribution is 8.00. The molecule has 0 N–H and O–H groups in total. The van der Waals surface area contributed by atoms with E-state index in [1.807, 2.05) is 65.9 Å². The van der Waals surface area contributed by atoms with Crippen molar-refractivity contribution in [2.75, 3.05) is 11.4 Å². The van der Waals surface area contributed by atoms with Crippen molar-refractivity contribution in [2.24, 2.45) is 7.05 Å². The minimum atomic E-state index is -0.266. The SMILES string of the molecule is C[C@H](Sc1nnc(-c2ccccc2Cl)n1C)C(=O)N1CCc2ccccc21. The first kappa shape index (κ1) is 18.1. The average molecular weight is 399 g/mol. The van der Waals surface area contributed by atoms with E-state index in [4.69, 9.17) is 11.6 Å². The van der Waals surface area contributed by atoms with Crippen LogP contribution in [0.2, 0.25) is 5.02 Å². The van der Waals surface area contributed by atoms with Gasteiger partial charge in [-0.2, -0.15) is 0 Å². The van der Waals surface area contributed by atoms with E-state index in [1.165, 1.54) is 17.3 Å². The minimum Gasteiger partial charge on any atom is -0.311 e. The van der Waals surface area contributed by atoms with Gasteiger partial charge in [-0.25, -0.2) is 0 Å². The summed E-state index contributed by atoms with van der Waals surface area (Å²) in [4.78, 5) is 14.9. The first-order valence-electron chi connectivity index (χ1n) is 8.76. The number of para-hydroxylation sites is 1. The summed E-state index contributed by atoms with van der Waals surface area (Å²) >= 11 is 7.70. The van der Waals surface area contributed by atoms with Gasteiger partial charge in [0.15, 0.2) is 11.0 Å². The maximum absolute atomic E-state index is 13.0. The van der Waals surface area contributed by atoms with Gasteiger partial charge in [0.05, 0.1) is 10.3 Å². The third-order valence-corrected chi connectivity index (χ3v) is 6.18. The van der Waals surface area contributed by atoms with Crippen LogP contribution in [0.5, 0.6) is 0 Å². The van der Waals surface area contributed by atoms with Gasteiger partial charge in [0.25, 0.3) is 0 Å². The van der Waals surface area contributed by atoms with Crippen molar-refractivity contribution in [3.8, 4) is 11.4 Å². The smallest absolute Gasteiger partial charge is 0.240 e. The number of hydrogen-bond donors (Lipinski definition) is 0. The van der Waals surface area contributed by atoms with Gasteiger partial charge in [0.2, 0.25) is 5.91 Å². The van der Waals surface area contributed by atoms with Crippen molar-refractivity contribution >= 4 is 35.0 Å². The van der Waals surface area contributed by atoms with Crippen LogP contribution in [-0.2, 0) is 18.3 Å². The molecule has 5 nitrogen and oxygen atoms in total. The second kappa shape index (κ2) is 7.37. The molecule has 0 unspecified atom stereocenters. The summed E-state index contributed by atoms with van der Waals surface area (Å²) in [6.45, 7) is 2.64. The molecule has 1 amide bonds. The van der Waals surface area contributed by atoms with Gasteiger partial charge < -0.3 is 9.47 Å². The number of carbonyl (C=O) groups excluding carboxylic acids is 1. The van der Waals surface area contributed by atoms with Crippen LogP contribution in [0.25, 0.3) is 11.4 Å². The van der Waals surface area contributed by atoms with Crippen molar-refractivity contribution in [2.45, 2.75) is 23.8 Å². The van der Waals surface area contributed by atoms with Crippen LogP contribution in [0.1, 0.15) is 12.5 Å². The second-order valence-corrected chi connectivity index (χ2v) is 8.19. The standard InChI is InChI=1S/C20H19ClN4OS/c1-13(19(26)25-12-11-14-7-3-6-10-17(14)25)27-20-23-22-18(24(20)2)15-8-4-5-9-16(15)21/h3-10,13H,11-12H2,1-2H3/t13-/m0/s1. The third kappa shape index (κ3) is 3.35. The summed E-state index contributed by atoms with van der Waals surface area (Å²) in [7, 11) is 1.89. The number of thioether (sulfide) groups is 1. The van der Waals surface area contributed by atoms with E-state index in [0.29, 0.717) is 16.0 Å². The number of anilines is 1. The van der Waals surface area contributed by atoms with Gasteiger partial charge in [-0.3, -0.25) is 4.79 Å². The number of fused-ring (bicyclic) bond motifs is 1. The number of nitrogens with zero attached hydrogens (tertiary/aromatic N) is 4. The zero-order valence-electron chi connectivity index (χ0n) is 15.1. The summed E-state index contributed by atoms with van der Waals surface area (Å²) in [5.74, 6) is 0.779. The van der Waals surface area contributed by atoms with Crippen LogP contribution in [-0.4, -0.2) is 32.5 Å². The van der Waals surface area contributed by atoms with E-state index in [2.05, 4.69) is 16.3 Å². The van der Waals surface area contributed by atoms with E-state index < -0.39 is 0 Å². The lowest BCUT2D eigenvalue weighted by Gasteiger charge is -2.21. The summed E-state index contributed by atoms with van der Waals surface area (Å²) in [6.07, 6.45) is 0.903. The summed E-state index contributed by atoms with van der Waals surface area (Å²) < 4.78 is 1.88. The zero-order chi connectivity index (χ0) is 19.0. The Balaban J connectivity index is 1.53. The lowest BCUT2D eigenvalue weighted by molar-refractivity contribution is -0.117. The number of aromatic nitrogens is 3. The number of hydrogen-bond acceptors (Lipinski definition) is 4. The first-order valence-corrected chi connectivity index (χ1v) is 10.0. The van der Waals surface area contributed by atoms with E-state index in [1.54, 1.807) is 0 Å². The average Bonchev–Trinajstić information content (AvgIpc) is 3.26. The Morgan fingerprint density at radius 2 is 1.89 bits per heavy atom. The summed E-state index contributed by atoms with van der Waals surface area (Å²) in [5, 5.41) is 9.60. The van der Waals surface area contributed by atoms with Crippen molar-refractivity contribution in [1.29, 1.82) is 0 Å². The van der Waals surface area contributed by atoms with Gasteiger partial charge >= 0.3 is 0 Å². The van der Waals surface area contributed by atoms with Crippen LogP contribution in [0.4, 0.5) is 5.69 Å². The highest BCUT2D eigenvalue weighted by atomic mass is 35.5. The number of carbonyl (C=O) groups is 1. The van der Waals surface area contributed by atoms with Gasteiger partial charge in [-0.05, 0) is 37.1 Å². The zero-order valence-corrected chi connectivity index (χ0v) is 16.7. The maximum atomic E-state index is 13.0. The van der Waals surface area contributed by atoms with Crippen molar-refractivity contribution in [1.82, 2.24) is 14.8 Å². The molecule has 7 heteroatoms. The quantitative estimate of drug-likeness (QED) is 0.618. The van der Waals surface area contributed by atoms with Gasteiger partial charge in [-0.15, -0.1) is 10.2 Å².